The number of hydrogen-bond donors (Lipinski definition) is 0. The minimum Gasteiger partial charge on any atom is -0.0824 e. The lowest BCUT2D eigenvalue weighted by molar-refractivity contribution is 0.866. The van der Waals surface area contributed by atoms with Gasteiger partial charge in [-0.1, -0.05) is 60.3 Å². The molecule has 0 nitrogen and oxygen atoms in total. The average molecular weight is 272 g/mol. The van der Waals surface area contributed by atoms with Crippen molar-refractivity contribution in [3.05, 3.63) is 31.2 Å². The Morgan fingerprint density at radius 2 is 1.14 bits per heavy atom. The van der Waals surface area contributed by atoms with Crippen LogP contribution in [0, 0.1) is 6.92 Å². The van der Waals surface area contributed by atoms with Crippen molar-refractivity contribution in [3.63, 3.8) is 0 Å². The third kappa shape index (κ3) is 1.99. The van der Waals surface area contributed by atoms with Gasteiger partial charge in [-0.05, 0) is 24.0 Å². The fourth-order valence-electron chi connectivity index (χ4n) is 1.27. The summed E-state index contributed by atoms with van der Waals surface area (Å²) in [5, 5.41) is 2.00. The molecule has 0 aliphatic carbocycles. The molecule has 0 heterocycles. The van der Waals surface area contributed by atoms with Gasteiger partial charge in [0.05, 0.1) is 20.1 Å². The monoisotopic (exact) mass is 270 g/mol. The topological polar surface area (TPSA) is 0 Å². The van der Waals surface area contributed by atoms with Crippen LogP contribution >= 0.6 is 46.4 Å². The molecule has 0 atom stereocenters. The van der Waals surface area contributed by atoms with Gasteiger partial charge in [0.2, 0.25) is 0 Å². The van der Waals surface area contributed by atoms with E-state index in [1.807, 2.05) is 13.8 Å². The molecule has 0 fully saturated rings. The number of hydrogen-bond acceptors (Lipinski definition) is 0. The SMILES string of the molecule is Cc1c(Cl)c(Cl)c(C(C)C)c(Cl)c1Cl. The molecular weight excluding hydrogens is 262 g/mol. The summed E-state index contributed by atoms with van der Waals surface area (Å²) in [6.45, 7) is 5.79. The van der Waals surface area contributed by atoms with E-state index in [1.165, 1.54) is 0 Å². The van der Waals surface area contributed by atoms with Crippen molar-refractivity contribution >= 4 is 46.4 Å². The Morgan fingerprint density at radius 3 is 1.43 bits per heavy atom. The van der Waals surface area contributed by atoms with E-state index < -0.39 is 0 Å². The van der Waals surface area contributed by atoms with E-state index in [2.05, 4.69) is 0 Å². The van der Waals surface area contributed by atoms with Gasteiger partial charge < -0.3 is 0 Å². The average Bonchev–Trinajstić information content (AvgIpc) is 2.11. The van der Waals surface area contributed by atoms with Gasteiger partial charge in [0.1, 0.15) is 0 Å². The standard InChI is InChI=1S/C10H10Cl4/c1-4(2)6-9(13)7(11)5(3)8(12)10(6)14/h4H,1-3H3. The van der Waals surface area contributed by atoms with Crippen LogP contribution in [0.3, 0.4) is 0 Å². The van der Waals surface area contributed by atoms with E-state index in [1.54, 1.807) is 6.92 Å². The second-order valence-corrected chi connectivity index (χ2v) is 4.96. The number of rotatable bonds is 1. The van der Waals surface area contributed by atoms with Gasteiger partial charge in [0.15, 0.2) is 0 Å². The molecule has 0 aliphatic rings. The van der Waals surface area contributed by atoms with Crippen molar-refractivity contribution in [1.29, 1.82) is 0 Å². The Bertz CT molecular complexity index is 340. The second-order valence-electron chi connectivity index (χ2n) is 3.45. The third-order valence-electron chi connectivity index (χ3n) is 2.09. The summed E-state index contributed by atoms with van der Waals surface area (Å²) in [7, 11) is 0. The Hall–Kier alpha value is 0.380. The molecule has 4 heteroatoms. The lowest BCUT2D eigenvalue weighted by Crippen LogP contribution is -1.95. The second kappa shape index (κ2) is 4.49. The summed E-state index contributed by atoms with van der Waals surface area (Å²) in [4.78, 5) is 0. The van der Waals surface area contributed by atoms with Crippen LogP contribution in [0.25, 0.3) is 0 Å². The highest BCUT2D eigenvalue weighted by atomic mass is 35.5. The highest BCUT2D eigenvalue weighted by molar-refractivity contribution is 6.48. The Labute approximate surface area is 104 Å². The quantitative estimate of drug-likeness (QED) is 0.572. The van der Waals surface area contributed by atoms with Crippen LogP contribution in [0.2, 0.25) is 20.1 Å². The first-order valence-corrected chi connectivity index (χ1v) is 5.71. The predicted octanol–water partition coefficient (Wildman–Crippen LogP) is 5.73. The van der Waals surface area contributed by atoms with Gasteiger partial charge in [-0.3, -0.25) is 0 Å². The molecule has 0 saturated carbocycles. The molecule has 78 valence electrons. The Kier molecular flexibility index (Phi) is 3.99. The number of benzene rings is 1. The van der Waals surface area contributed by atoms with Crippen molar-refractivity contribution in [2.24, 2.45) is 0 Å². The summed E-state index contributed by atoms with van der Waals surface area (Å²) >= 11 is 24.2. The molecule has 0 aliphatic heterocycles. The Balaban J connectivity index is 3.60. The first-order chi connectivity index (χ1) is 6.37. The highest BCUT2D eigenvalue weighted by Crippen LogP contribution is 2.43. The lowest BCUT2D eigenvalue weighted by Gasteiger charge is -2.15. The van der Waals surface area contributed by atoms with Crippen molar-refractivity contribution in [2.75, 3.05) is 0 Å². The van der Waals surface area contributed by atoms with Gasteiger partial charge >= 0.3 is 0 Å². The van der Waals surface area contributed by atoms with Crippen LogP contribution < -0.4 is 0 Å². The van der Waals surface area contributed by atoms with E-state index in [9.17, 15) is 0 Å². The minimum atomic E-state index is 0.200. The zero-order valence-electron chi connectivity index (χ0n) is 8.09. The van der Waals surface area contributed by atoms with Crippen LogP contribution in [0.1, 0.15) is 30.9 Å². The van der Waals surface area contributed by atoms with Crippen LogP contribution in [0.4, 0.5) is 0 Å². The van der Waals surface area contributed by atoms with Crippen molar-refractivity contribution in [3.8, 4) is 0 Å². The maximum absolute atomic E-state index is 6.10. The van der Waals surface area contributed by atoms with E-state index in [0.29, 0.717) is 20.1 Å². The molecule has 1 aromatic carbocycles. The summed E-state index contributed by atoms with van der Waals surface area (Å²) in [5.41, 5.74) is 1.54. The smallest absolute Gasteiger partial charge is 0.0645 e. The molecule has 0 bridgehead atoms. The van der Waals surface area contributed by atoms with Gasteiger partial charge in [-0.25, -0.2) is 0 Å². The third-order valence-corrected chi connectivity index (χ3v) is 4.02. The van der Waals surface area contributed by atoms with Crippen molar-refractivity contribution in [2.45, 2.75) is 26.7 Å². The molecule has 0 saturated heterocycles. The molecule has 0 amide bonds. The van der Waals surface area contributed by atoms with Crippen LogP contribution in [-0.4, -0.2) is 0 Å². The van der Waals surface area contributed by atoms with E-state index in [0.717, 1.165) is 11.1 Å². The normalized spacial score (nSPS) is 11.1. The van der Waals surface area contributed by atoms with Crippen LogP contribution in [0.15, 0.2) is 0 Å². The fourth-order valence-corrected chi connectivity index (χ4v) is 2.66. The fraction of sp³-hybridized carbons (Fsp3) is 0.400. The van der Waals surface area contributed by atoms with E-state index in [-0.39, 0.29) is 5.92 Å². The first kappa shape index (κ1) is 12.4. The van der Waals surface area contributed by atoms with Crippen molar-refractivity contribution < 1.29 is 0 Å². The largest absolute Gasteiger partial charge is 0.0824 e. The molecule has 0 aromatic heterocycles. The lowest BCUT2D eigenvalue weighted by atomic mass is 10.0. The maximum Gasteiger partial charge on any atom is 0.0645 e. The molecule has 14 heavy (non-hydrogen) atoms. The first-order valence-electron chi connectivity index (χ1n) is 4.20. The van der Waals surface area contributed by atoms with Crippen molar-refractivity contribution in [1.82, 2.24) is 0 Å². The van der Waals surface area contributed by atoms with Gasteiger partial charge in [-0.15, -0.1) is 0 Å². The van der Waals surface area contributed by atoms with Crippen LogP contribution in [-0.2, 0) is 0 Å². The molecule has 1 aromatic rings. The molecule has 0 radical (unpaired) electrons. The zero-order valence-corrected chi connectivity index (χ0v) is 11.1. The van der Waals surface area contributed by atoms with E-state index >= 15 is 0 Å². The summed E-state index contributed by atoms with van der Waals surface area (Å²) in [6.07, 6.45) is 0. The van der Waals surface area contributed by atoms with Gasteiger partial charge in [0.25, 0.3) is 0 Å². The maximum atomic E-state index is 6.10. The number of halogens is 4. The van der Waals surface area contributed by atoms with Crippen LogP contribution in [0.5, 0.6) is 0 Å². The summed E-state index contributed by atoms with van der Waals surface area (Å²) < 4.78 is 0. The van der Waals surface area contributed by atoms with E-state index in [4.69, 9.17) is 46.4 Å². The predicted molar refractivity (Wildman–Crippen MR) is 65.3 cm³/mol. The molecule has 0 spiro atoms. The zero-order chi connectivity index (χ0) is 11.0. The van der Waals surface area contributed by atoms with Gasteiger partial charge in [-0.2, -0.15) is 0 Å². The molecule has 1 rings (SSSR count). The Morgan fingerprint density at radius 1 is 0.786 bits per heavy atom. The van der Waals surface area contributed by atoms with Gasteiger partial charge in [0, 0.05) is 0 Å². The molecular formula is C10H10Cl4. The molecule has 0 N–H and O–H groups in total. The summed E-state index contributed by atoms with van der Waals surface area (Å²) in [6, 6.07) is 0. The highest BCUT2D eigenvalue weighted by Gasteiger charge is 2.19. The minimum absolute atomic E-state index is 0.200. The molecule has 0 unspecified atom stereocenters. The summed E-state index contributed by atoms with van der Waals surface area (Å²) in [5.74, 6) is 0.200.